The summed E-state index contributed by atoms with van der Waals surface area (Å²) in [5, 5.41) is 0. The first-order valence-electron chi connectivity index (χ1n) is 17.9. The molecular weight excluding hydrogens is 520 g/mol. The van der Waals surface area contributed by atoms with Crippen LogP contribution >= 0.6 is 0 Å². The summed E-state index contributed by atoms with van der Waals surface area (Å²) >= 11 is 0. The Morgan fingerprint density at radius 1 is 0.442 bits per heavy atom. The number of unbranched alkanes of at least 4 members (excludes halogenated alkanes) is 13. The van der Waals surface area contributed by atoms with Crippen LogP contribution in [0.2, 0.25) is 0 Å². The van der Waals surface area contributed by atoms with Gasteiger partial charge in [0.1, 0.15) is 0 Å². The van der Waals surface area contributed by atoms with Crippen molar-refractivity contribution in [2.24, 2.45) is 9.98 Å². The molecule has 0 spiro atoms. The van der Waals surface area contributed by atoms with Crippen molar-refractivity contribution in [3.8, 4) is 0 Å². The van der Waals surface area contributed by atoms with E-state index >= 15 is 0 Å². The van der Waals surface area contributed by atoms with Crippen molar-refractivity contribution in [1.82, 2.24) is 0 Å². The van der Waals surface area contributed by atoms with Crippen molar-refractivity contribution in [3.05, 3.63) is 71.8 Å². The molecule has 2 nitrogen and oxygen atoms in total. The van der Waals surface area contributed by atoms with Crippen molar-refractivity contribution in [2.45, 2.75) is 150 Å². The Kier molecular flexibility index (Phi) is 20.9. The van der Waals surface area contributed by atoms with Gasteiger partial charge < -0.3 is 0 Å². The van der Waals surface area contributed by atoms with Crippen molar-refractivity contribution in [1.29, 1.82) is 0 Å². The molecule has 236 valence electrons. The predicted octanol–water partition coefficient (Wildman–Crippen LogP) is 14.0. The highest BCUT2D eigenvalue weighted by atomic mass is 14.8. The van der Waals surface area contributed by atoms with E-state index in [9.17, 15) is 0 Å². The van der Waals surface area contributed by atoms with Crippen molar-refractivity contribution in [2.75, 3.05) is 0 Å². The van der Waals surface area contributed by atoms with Crippen molar-refractivity contribution in [3.63, 3.8) is 0 Å². The molecule has 0 bridgehead atoms. The van der Waals surface area contributed by atoms with Gasteiger partial charge in [-0.2, -0.15) is 0 Å². The Bertz CT molecular complexity index is 1070. The van der Waals surface area contributed by atoms with Gasteiger partial charge in [-0.3, -0.25) is 9.98 Å². The third-order valence-corrected chi connectivity index (χ3v) is 8.00. The minimum Gasteiger partial charge on any atom is -0.252 e. The van der Waals surface area contributed by atoms with Crippen LogP contribution < -0.4 is 0 Å². The summed E-state index contributed by atoms with van der Waals surface area (Å²) < 4.78 is 0. The minimum atomic E-state index is 0.986. The fourth-order valence-electron chi connectivity index (χ4n) is 5.24. The van der Waals surface area contributed by atoms with Crippen LogP contribution in [-0.4, -0.2) is 11.4 Å². The van der Waals surface area contributed by atoms with Gasteiger partial charge in [0.15, 0.2) is 0 Å². The van der Waals surface area contributed by atoms with Crippen LogP contribution in [0.1, 0.15) is 161 Å². The molecule has 0 radical (unpaired) electrons. The molecule has 0 heterocycles. The topological polar surface area (TPSA) is 24.7 Å². The predicted molar refractivity (Wildman–Crippen MR) is 196 cm³/mol. The molecule has 0 atom stereocenters. The highest BCUT2D eigenvalue weighted by Crippen LogP contribution is 2.22. The van der Waals surface area contributed by atoms with E-state index in [2.05, 4.69) is 101 Å². The Morgan fingerprint density at radius 2 is 0.791 bits per heavy atom. The summed E-state index contributed by atoms with van der Waals surface area (Å²) in [7, 11) is 0. The van der Waals surface area contributed by atoms with Gasteiger partial charge in [-0.15, -0.1) is 0 Å². The zero-order valence-corrected chi connectivity index (χ0v) is 28.3. The van der Waals surface area contributed by atoms with E-state index in [-0.39, 0.29) is 0 Å². The van der Waals surface area contributed by atoms with Crippen LogP contribution in [0.4, 0.5) is 11.4 Å². The molecule has 2 rings (SSSR count). The number of benzene rings is 2. The lowest BCUT2D eigenvalue weighted by Crippen LogP contribution is -2.14. The number of hydrogen-bond donors (Lipinski definition) is 0. The summed E-state index contributed by atoms with van der Waals surface area (Å²) in [6, 6.07) is 17.5. The van der Waals surface area contributed by atoms with Crippen LogP contribution in [-0.2, 0) is 0 Å². The minimum absolute atomic E-state index is 0.986. The molecule has 2 heteroatoms. The van der Waals surface area contributed by atoms with Gasteiger partial charge in [0.05, 0.1) is 22.8 Å². The van der Waals surface area contributed by atoms with E-state index < -0.39 is 0 Å². The second kappa shape index (κ2) is 24.7. The Morgan fingerprint density at radius 3 is 1.23 bits per heavy atom. The molecule has 2 aromatic rings. The van der Waals surface area contributed by atoms with E-state index in [1.807, 2.05) is 0 Å². The first-order valence-corrected chi connectivity index (χ1v) is 17.9. The zero-order chi connectivity index (χ0) is 30.8. The zero-order valence-electron chi connectivity index (χ0n) is 28.3. The smallest absolute Gasteiger partial charge is 0.0634 e. The standard InChI is InChI=1S/C41H62N2/c1-5-9-13-16-19-23-27-41(43-39-34-30-37(31-35-39)25-22-18-15-11-7-3)40(26-20-12-8-4)42-38-32-28-36(29-33-38)24-21-17-14-10-6-2/h21-22,24-25,28-35H,5-20,23,26-27H2,1-4H3. The van der Waals surface area contributed by atoms with E-state index in [0.29, 0.717) is 0 Å². The number of rotatable bonds is 24. The van der Waals surface area contributed by atoms with Gasteiger partial charge in [-0.05, 0) is 86.8 Å². The molecule has 0 N–H and O–H groups in total. The molecule has 0 fully saturated rings. The first-order chi connectivity index (χ1) is 21.2. The summed E-state index contributed by atoms with van der Waals surface area (Å²) in [6.45, 7) is 9.08. The highest BCUT2D eigenvalue weighted by Gasteiger charge is 2.11. The maximum Gasteiger partial charge on any atom is 0.0634 e. The van der Waals surface area contributed by atoms with Gasteiger partial charge in [0.2, 0.25) is 0 Å². The summed E-state index contributed by atoms with van der Waals surface area (Å²) in [5.41, 5.74) is 6.93. The van der Waals surface area contributed by atoms with Crippen molar-refractivity contribution < 1.29 is 0 Å². The van der Waals surface area contributed by atoms with E-state index in [0.717, 1.165) is 43.5 Å². The Balaban J connectivity index is 2.26. The van der Waals surface area contributed by atoms with Crippen LogP contribution in [0.5, 0.6) is 0 Å². The van der Waals surface area contributed by atoms with Gasteiger partial charge in [0.25, 0.3) is 0 Å². The lowest BCUT2D eigenvalue weighted by Gasteiger charge is -2.12. The molecule has 0 amide bonds. The van der Waals surface area contributed by atoms with Crippen LogP contribution in [0, 0.1) is 0 Å². The summed E-state index contributed by atoms with van der Waals surface area (Å²) in [6.07, 6.45) is 32.4. The van der Waals surface area contributed by atoms with E-state index in [1.165, 1.54) is 112 Å². The molecule has 0 aromatic heterocycles. The molecular formula is C41H62N2. The SMILES string of the molecule is CCCCCC=Cc1ccc(N=C(CCCCC)C(CCCCCCCC)=Nc2ccc(C=CCCCCC)cc2)cc1. The van der Waals surface area contributed by atoms with Gasteiger partial charge in [0, 0.05) is 0 Å². The maximum atomic E-state index is 5.26. The Labute approximate surface area is 265 Å². The van der Waals surface area contributed by atoms with Gasteiger partial charge in [-0.1, -0.05) is 147 Å². The molecule has 0 unspecified atom stereocenters. The highest BCUT2D eigenvalue weighted by molar-refractivity contribution is 6.43. The number of hydrogen-bond acceptors (Lipinski definition) is 2. The average Bonchev–Trinajstić information content (AvgIpc) is 3.03. The first kappa shape index (κ1) is 36.5. The largest absolute Gasteiger partial charge is 0.252 e. The summed E-state index contributed by atoms with van der Waals surface area (Å²) in [4.78, 5) is 10.5. The lowest BCUT2D eigenvalue weighted by atomic mass is 10.0. The van der Waals surface area contributed by atoms with Gasteiger partial charge in [-0.25, -0.2) is 0 Å². The van der Waals surface area contributed by atoms with Crippen LogP contribution in [0.15, 0.2) is 70.7 Å². The third-order valence-electron chi connectivity index (χ3n) is 8.00. The molecule has 0 saturated carbocycles. The quantitative estimate of drug-likeness (QED) is 0.0868. The molecule has 0 aliphatic carbocycles. The molecule has 0 aliphatic heterocycles. The maximum absolute atomic E-state index is 5.26. The monoisotopic (exact) mass is 582 g/mol. The lowest BCUT2D eigenvalue weighted by molar-refractivity contribution is 0.616. The molecule has 0 aliphatic rings. The second-order valence-corrected chi connectivity index (χ2v) is 12.1. The Hall–Kier alpha value is -2.74. The fourth-order valence-corrected chi connectivity index (χ4v) is 5.24. The normalized spacial score (nSPS) is 12.7. The van der Waals surface area contributed by atoms with E-state index in [1.54, 1.807) is 0 Å². The number of nitrogens with zero attached hydrogens (tertiary/aromatic N) is 2. The summed E-state index contributed by atoms with van der Waals surface area (Å²) in [5.74, 6) is 0. The van der Waals surface area contributed by atoms with Crippen molar-refractivity contribution >= 4 is 35.0 Å². The molecule has 43 heavy (non-hydrogen) atoms. The molecule has 0 saturated heterocycles. The second-order valence-electron chi connectivity index (χ2n) is 12.1. The average molecular weight is 583 g/mol. The third kappa shape index (κ3) is 17.2. The molecule has 2 aromatic carbocycles. The van der Waals surface area contributed by atoms with E-state index in [4.69, 9.17) is 9.98 Å². The van der Waals surface area contributed by atoms with Crippen LogP contribution in [0.3, 0.4) is 0 Å². The number of aliphatic imine (C=N–C) groups is 2. The van der Waals surface area contributed by atoms with Gasteiger partial charge >= 0.3 is 0 Å². The fraction of sp³-hybridized carbons (Fsp3) is 0.561. The van der Waals surface area contributed by atoms with Crippen LogP contribution in [0.25, 0.3) is 12.2 Å². The number of allylic oxidation sites excluding steroid dienone is 2.